The van der Waals surface area contributed by atoms with E-state index in [1.165, 1.54) is 4.90 Å². The van der Waals surface area contributed by atoms with Gasteiger partial charge in [0.15, 0.2) is 0 Å². The van der Waals surface area contributed by atoms with Crippen LogP contribution in [0.2, 0.25) is 0 Å². The van der Waals surface area contributed by atoms with Gasteiger partial charge in [0.25, 0.3) is 5.91 Å². The van der Waals surface area contributed by atoms with Crippen LogP contribution >= 0.6 is 11.3 Å². The zero-order valence-electron chi connectivity index (χ0n) is 13.4. The Bertz CT molecular complexity index is 753. The summed E-state index contributed by atoms with van der Waals surface area (Å²) in [6.07, 6.45) is 0.853. The van der Waals surface area contributed by atoms with Crippen LogP contribution in [0.15, 0.2) is 29.6 Å². The molecule has 0 bridgehead atoms. The number of thiazole rings is 1. The number of imide groups is 1. The molecule has 1 unspecified atom stereocenters. The largest absolute Gasteiger partial charge is 0.325 e. The van der Waals surface area contributed by atoms with Gasteiger partial charge in [0.05, 0.1) is 17.2 Å². The van der Waals surface area contributed by atoms with Crippen LogP contribution in [-0.2, 0) is 23.3 Å². The van der Waals surface area contributed by atoms with E-state index in [0.717, 1.165) is 28.2 Å². The van der Waals surface area contributed by atoms with Gasteiger partial charge in [0, 0.05) is 5.38 Å². The molecule has 1 saturated heterocycles. The van der Waals surface area contributed by atoms with Gasteiger partial charge in [-0.2, -0.15) is 0 Å². The molecular weight excluding hydrogens is 310 g/mol. The highest BCUT2D eigenvalue weighted by atomic mass is 32.1. The second-order valence-electron chi connectivity index (χ2n) is 5.90. The number of nitrogens with one attached hydrogen (secondary N) is 1. The number of rotatable bonds is 4. The first-order valence-corrected chi connectivity index (χ1v) is 8.46. The van der Waals surface area contributed by atoms with Crippen LogP contribution in [0.4, 0.5) is 4.79 Å². The molecule has 120 valence electrons. The Hall–Kier alpha value is -2.21. The van der Waals surface area contributed by atoms with Gasteiger partial charge in [-0.25, -0.2) is 9.78 Å². The zero-order valence-corrected chi connectivity index (χ0v) is 14.2. The van der Waals surface area contributed by atoms with Crippen molar-refractivity contribution < 1.29 is 9.59 Å². The van der Waals surface area contributed by atoms with Crippen molar-refractivity contribution in [1.82, 2.24) is 15.2 Å². The number of aromatic nitrogens is 1. The van der Waals surface area contributed by atoms with E-state index in [1.54, 1.807) is 18.3 Å². The molecule has 1 N–H and O–H groups in total. The van der Waals surface area contributed by atoms with Crippen LogP contribution in [-0.4, -0.2) is 21.8 Å². The van der Waals surface area contributed by atoms with E-state index < -0.39 is 5.54 Å². The fourth-order valence-electron chi connectivity index (χ4n) is 2.67. The lowest BCUT2D eigenvalue weighted by atomic mass is 9.91. The van der Waals surface area contributed by atoms with Gasteiger partial charge < -0.3 is 5.32 Å². The number of hydrogen-bond acceptors (Lipinski definition) is 4. The summed E-state index contributed by atoms with van der Waals surface area (Å²) >= 11 is 1.55. The molecule has 1 aromatic carbocycles. The van der Waals surface area contributed by atoms with Crippen LogP contribution in [0.3, 0.4) is 0 Å². The maximum absolute atomic E-state index is 12.8. The number of carbonyl (C=O) groups excluding carboxylic acids is 2. The highest BCUT2D eigenvalue weighted by molar-refractivity contribution is 7.09. The van der Waals surface area contributed by atoms with Crippen LogP contribution < -0.4 is 5.32 Å². The third-order valence-electron chi connectivity index (χ3n) is 4.13. The first-order chi connectivity index (χ1) is 10.9. The van der Waals surface area contributed by atoms with Crippen molar-refractivity contribution in [3.8, 4) is 0 Å². The van der Waals surface area contributed by atoms with E-state index >= 15 is 0 Å². The third kappa shape index (κ3) is 2.74. The highest BCUT2D eigenvalue weighted by Gasteiger charge is 2.49. The first kappa shape index (κ1) is 15.7. The van der Waals surface area contributed by atoms with Gasteiger partial charge in [0.1, 0.15) is 5.54 Å². The minimum absolute atomic E-state index is 0.211. The summed E-state index contributed by atoms with van der Waals surface area (Å²) in [4.78, 5) is 30.8. The SMILES string of the molecule is CCc1nc(CN2C(=O)NC(C)(c3ccc(C)cc3)C2=O)cs1. The highest BCUT2D eigenvalue weighted by Crippen LogP contribution is 2.30. The summed E-state index contributed by atoms with van der Waals surface area (Å²) in [6.45, 7) is 5.98. The summed E-state index contributed by atoms with van der Waals surface area (Å²) < 4.78 is 0. The number of nitrogens with zero attached hydrogens (tertiary/aromatic N) is 2. The Morgan fingerprint density at radius 1 is 1.26 bits per heavy atom. The molecule has 1 atom stereocenters. The second kappa shape index (κ2) is 5.77. The molecule has 6 heteroatoms. The van der Waals surface area contributed by atoms with Gasteiger partial charge >= 0.3 is 6.03 Å². The Balaban J connectivity index is 1.85. The third-order valence-corrected chi connectivity index (χ3v) is 5.17. The van der Waals surface area contributed by atoms with Crippen molar-refractivity contribution in [3.05, 3.63) is 51.5 Å². The van der Waals surface area contributed by atoms with E-state index in [0.29, 0.717) is 0 Å². The zero-order chi connectivity index (χ0) is 16.6. The molecule has 2 aromatic rings. The smallest absolute Gasteiger partial charge is 0.319 e. The molecule has 3 rings (SSSR count). The lowest BCUT2D eigenvalue weighted by Crippen LogP contribution is -2.40. The predicted molar refractivity (Wildman–Crippen MR) is 89.1 cm³/mol. The number of urea groups is 1. The van der Waals surface area contributed by atoms with Crippen molar-refractivity contribution >= 4 is 23.3 Å². The molecule has 3 amide bonds. The minimum Gasteiger partial charge on any atom is -0.319 e. The number of amides is 3. The minimum atomic E-state index is -1.02. The predicted octanol–water partition coefficient (Wildman–Crippen LogP) is 2.98. The van der Waals surface area contributed by atoms with Crippen LogP contribution in [0.25, 0.3) is 0 Å². The molecule has 1 aliphatic heterocycles. The summed E-state index contributed by atoms with van der Waals surface area (Å²) in [6, 6.07) is 7.28. The van der Waals surface area contributed by atoms with Crippen molar-refractivity contribution in [2.24, 2.45) is 0 Å². The Labute approximate surface area is 139 Å². The molecule has 1 aliphatic rings. The van der Waals surface area contributed by atoms with Crippen LogP contribution in [0.1, 0.15) is 35.7 Å². The molecule has 1 aromatic heterocycles. The average Bonchev–Trinajstić information content (AvgIpc) is 3.07. The molecule has 1 fully saturated rings. The van der Waals surface area contributed by atoms with Crippen molar-refractivity contribution in [1.29, 1.82) is 0 Å². The fraction of sp³-hybridized carbons (Fsp3) is 0.353. The summed E-state index contributed by atoms with van der Waals surface area (Å²) in [5.41, 5.74) is 1.63. The lowest BCUT2D eigenvalue weighted by Gasteiger charge is -2.22. The van der Waals surface area contributed by atoms with Gasteiger partial charge in [-0.1, -0.05) is 36.8 Å². The summed E-state index contributed by atoms with van der Waals surface area (Å²) in [5.74, 6) is -0.239. The van der Waals surface area contributed by atoms with Gasteiger partial charge in [-0.05, 0) is 25.8 Å². The number of carbonyl (C=O) groups is 2. The second-order valence-corrected chi connectivity index (χ2v) is 6.84. The molecule has 0 saturated carbocycles. The topological polar surface area (TPSA) is 62.3 Å². The summed E-state index contributed by atoms with van der Waals surface area (Å²) in [5, 5.41) is 5.73. The van der Waals surface area contributed by atoms with Gasteiger partial charge in [-0.3, -0.25) is 9.69 Å². The van der Waals surface area contributed by atoms with Crippen LogP contribution in [0.5, 0.6) is 0 Å². The normalized spacial score (nSPS) is 20.9. The molecule has 2 heterocycles. The molecule has 0 radical (unpaired) electrons. The molecular formula is C17H19N3O2S. The van der Waals surface area contributed by atoms with Crippen molar-refractivity contribution in [2.75, 3.05) is 0 Å². The standard InChI is InChI=1S/C17H19N3O2S/c1-4-14-18-13(10-23-14)9-20-15(21)17(3,19-16(20)22)12-7-5-11(2)6-8-12/h5-8,10H,4,9H2,1-3H3,(H,19,22). The first-order valence-electron chi connectivity index (χ1n) is 7.58. The Morgan fingerprint density at radius 2 is 1.96 bits per heavy atom. The van der Waals surface area contributed by atoms with Crippen molar-refractivity contribution in [3.63, 3.8) is 0 Å². The fourth-order valence-corrected chi connectivity index (χ4v) is 3.40. The average molecular weight is 329 g/mol. The summed E-state index contributed by atoms with van der Waals surface area (Å²) in [7, 11) is 0. The lowest BCUT2D eigenvalue weighted by molar-refractivity contribution is -0.131. The Morgan fingerprint density at radius 3 is 2.57 bits per heavy atom. The molecule has 23 heavy (non-hydrogen) atoms. The molecule has 0 aliphatic carbocycles. The van der Waals surface area contributed by atoms with E-state index in [-0.39, 0.29) is 18.5 Å². The van der Waals surface area contributed by atoms with E-state index in [1.807, 2.05) is 43.5 Å². The quantitative estimate of drug-likeness (QED) is 0.877. The maximum atomic E-state index is 12.8. The van der Waals surface area contributed by atoms with E-state index in [9.17, 15) is 9.59 Å². The maximum Gasteiger partial charge on any atom is 0.325 e. The molecule has 0 spiro atoms. The number of hydrogen-bond donors (Lipinski definition) is 1. The van der Waals surface area contributed by atoms with Gasteiger partial charge in [0.2, 0.25) is 0 Å². The molecule has 5 nitrogen and oxygen atoms in total. The van der Waals surface area contributed by atoms with Crippen LogP contribution in [0, 0.1) is 6.92 Å². The Kier molecular flexibility index (Phi) is 3.93. The van der Waals surface area contributed by atoms with E-state index in [2.05, 4.69) is 10.3 Å². The number of benzene rings is 1. The van der Waals surface area contributed by atoms with Gasteiger partial charge in [-0.15, -0.1) is 11.3 Å². The van der Waals surface area contributed by atoms with E-state index in [4.69, 9.17) is 0 Å². The van der Waals surface area contributed by atoms with Crippen molar-refractivity contribution in [2.45, 2.75) is 39.3 Å². The number of aryl methyl sites for hydroxylation is 2. The monoisotopic (exact) mass is 329 g/mol.